The molecule has 0 fully saturated rings. The van der Waals surface area contributed by atoms with Crippen molar-refractivity contribution in [2.24, 2.45) is 0 Å². The number of aliphatic hydroxyl groups is 1. The maximum Gasteiger partial charge on any atom is 0.268 e. The van der Waals surface area contributed by atoms with Gasteiger partial charge in [0, 0.05) is 6.42 Å². The molecule has 0 rings (SSSR count). The molecule has 0 bridgehead atoms. The van der Waals surface area contributed by atoms with Crippen LogP contribution in [0.3, 0.4) is 0 Å². The normalized spacial score (nSPS) is 14.6. The number of phosphoric ester groups is 1. The van der Waals surface area contributed by atoms with Crippen molar-refractivity contribution in [2.45, 2.75) is 244 Å². The number of aliphatic hydroxyl groups excluding tert-OH is 1. The first-order chi connectivity index (χ1) is 33.0. The fourth-order valence-electron chi connectivity index (χ4n) is 7.71. The van der Waals surface area contributed by atoms with Gasteiger partial charge in [0.25, 0.3) is 7.82 Å². The van der Waals surface area contributed by atoms with Gasteiger partial charge in [-0.05, 0) is 83.5 Å². The number of nitrogens with zero attached hydrogens (tertiary/aromatic N) is 1. The number of carbonyl (C=O) groups is 1. The number of rotatable bonds is 50. The van der Waals surface area contributed by atoms with Gasteiger partial charge in [0.2, 0.25) is 5.91 Å². The Balaban J connectivity index is 4.34. The number of unbranched alkanes of at least 4 members (excludes halogenated alkanes) is 25. The first-order valence-corrected chi connectivity index (χ1v) is 29.4. The maximum absolute atomic E-state index is 12.9. The van der Waals surface area contributed by atoms with Crippen LogP contribution in [0.25, 0.3) is 0 Å². The fourth-order valence-corrected chi connectivity index (χ4v) is 8.43. The van der Waals surface area contributed by atoms with Crippen LogP contribution in [0.1, 0.15) is 232 Å². The maximum atomic E-state index is 12.9. The van der Waals surface area contributed by atoms with E-state index in [4.69, 9.17) is 9.05 Å². The Kier molecular flexibility index (Phi) is 48.0. The van der Waals surface area contributed by atoms with E-state index in [2.05, 4.69) is 92.1 Å². The van der Waals surface area contributed by atoms with E-state index in [1.54, 1.807) is 6.08 Å². The average molecular weight is 971 g/mol. The number of hydrogen-bond donors (Lipinski definition) is 2. The van der Waals surface area contributed by atoms with E-state index in [1.165, 1.54) is 122 Å². The van der Waals surface area contributed by atoms with Crippen molar-refractivity contribution in [1.82, 2.24) is 5.32 Å². The van der Waals surface area contributed by atoms with Crippen LogP contribution in [0.5, 0.6) is 0 Å². The summed E-state index contributed by atoms with van der Waals surface area (Å²) in [5.74, 6) is -0.228. The summed E-state index contributed by atoms with van der Waals surface area (Å²) in [4.78, 5) is 25.5. The standard InChI is InChI=1S/C59H107N2O6P/c1-6-8-10-12-14-16-18-20-22-24-26-27-28-29-30-31-32-33-35-36-38-40-42-44-46-48-50-52-58(62)57(56-67-68(64,65)66-55-54-61(3,4)5)60-59(63)53-51-49-47-45-43-41-39-37-34-25-23-21-19-17-15-13-11-9-7-2/h9,11,15,17,21,23,34-37,42,44,50,52,57-58,62H,6-8,10,12-14,16,18-20,22,24-33,38-41,43,45-49,51,53-56H2,1-5H3,(H-,60,63,64,65)/b11-9-,17-15-,23-21-,36-35+,37-34-,44-42+,52-50+. The van der Waals surface area contributed by atoms with Crippen molar-refractivity contribution in [3.05, 3.63) is 85.1 Å². The van der Waals surface area contributed by atoms with Crippen LogP contribution >= 0.6 is 7.82 Å². The van der Waals surface area contributed by atoms with Gasteiger partial charge in [-0.25, -0.2) is 0 Å². The van der Waals surface area contributed by atoms with E-state index in [-0.39, 0.29) is 12.5 Å². The van der Waals surface area contributed by atoms with Crippen molar-refractivity contribution in [3.63, 3.8) is 0 Å². The van der Waals surface area contributed by atoms with Crippen molar-refractivity contribution < 1.29 is 32.9 Å². The molecule has 68 heavy (non-hydrogen) atoms. The molecule has 0 aliphatic rings. The third-order valence-electron chi connectivity index (χ3n) is 12.1. The molecular weight excluding hydrogens is 864 g/mol. The second-order valence-electron chi connectivity index (χ2n) is 19.9. The topological polar surface area (TPSA) is 108 Å². The molecule has 2 N–H and O–H groups in total. The lowest BCUT2D eigenvalue weighted by atomic mass is 10.0. The third kappa shape index (κ3) is 51.5. The van der Waals surface area contributed by atoms with Gasteiger partial charge in [-0.15, -0.1) is 0 Å². The highest BCUT2D eigenvalue weighted by atomic mass is 31.2. The van der Waals surface area contributed by atoms with Gasteiger partial charge in [0.05, 0.1) is 39.9 Å². The monoisotopic (exact) mass is 971 g/mol. The molecule has 0 aromatic rings. The number of allylic oxidation sites excluding steroid dienone is 13. The van der Waals surface area contributed by atoms with E-state index in [9.17, 15) is 19.4 Å². The minimum absolute atomic E-state index is 0.0163. The quantitative estimate of drug-likeness (QED) is 0.0272. The zero-order valence-corrected chi connectivity index (χ0v) is 45.7. The molecule has 0 aliphatic carbocycles. The number of likely N-dealkylation sites (N-methyl/N-ethyl adjacent to an activating group) is 1. The Morgan fingerprint density at radius 3 is 1.37 bits per heavy atom. The van der Waals surface area contributed by atoms with Gasteiger partial charge in [0.15, 0.2) is 0 Å². The number of carbonyl (C=O) groups excluding carboxylic acids is 1. The molecule has 3 unspecified atom stereocenters. The van der Waals surface area contributed by atoms with Crippen LogP contribution in [0.4, 0.5) is 0 Å². The van der Waals surface area contributed by atoms with E-state index in [0.717, 1.165) is 89.9 Å². The highest BCUT2D eigenvalue weighted by Crippen LogP contribution is 2.38. The summed E-state index contributed by atoms with van der Waals surface area (Å²) in [6.45, 7) is 4.50. The highest BCUT2D eigenvalue weighted by molar-refractivity contribution is 7.45. The summed E-state index contributed by atoms with van der Waals surface area (Å²) in [6.07, 6.45) is 69.5. The summed E-state index contributed by atoms with van der Waals surface area (Å²) in [5, 5.41) is 13.8. The summed E-state index contributed by atoms with van der Waals surface area (Å²) in [5.41, 5.74) is 0. The molecule has 0 aliphatic heterocycles. The van der Waals surface area contributed by atoms with E-state index >= 15 is 0 Å². The number of quaternary nitrogens is 1. The highest BCUT2D eigenvalue weighted by Gasteiger charge is 2.23. The van der Waals surface area contributed by atoms with Crippen molar-refractivity contribution >= 4 is 13.7 Å². The molecule has 0 heterocycles. The van der Waals surface area contributed by atoms with Crippen molar-refractivity contribution in [3.8, 4) is 0 Å². The SMILES string of the molecule is CC/C=C\C/C=C\C/C=C\C/C=C\CCCCCCCCC(=O)NC(COP(=O)([O-])OCC[N+](C)(C)C)C(O)/C=C/CC/C=C/CC/C=C/CCCCCCCCCCCCCCCCCCC. The van der Waals surface area contributed by atoms with Crippen LogP contribution in [-0.4, -0.2) is 68.5 Å². The Hall–Kier alpha value is -2.32. The van der Waals surface area contributed by atoms with E-state index in [0.29, 0.717) is 17.4 Å². The van der Waals surface area contributed by atoms with Crippen molar-refractivity contribution in [1.29, 1.82) is 0 Å². The van der Waals surface area contributed by atoms with Gasteiger partial charge >= 0.3 is 0 Å². The molecule has 0 saturated heterocycles. The first kappa shape index (κ1) is 65.7. The summed E-state index contributed by atoms with van der Waals surface area (Å²) in [6, 6.07) is -0.923. The molecule has 9 heteroatoms. The first-order valence-electron chi connectivity index (χ1n) is 27.9. The lowest BCUT2D eigenvalue weighted by Crippen LogP contribution is -2.45. The Bertz CT molecular complexity index is 1380. The van der Waals surface area contributed by atoms with Gasteiger partial charge in [-0.3, -0.25) is 9.36 Å². The Morgan fingerprint density at radius 1 is 0.529 bits per heavy atom. The zero-order valence-electron chi connectivity index (χ0n) is 44.8. The van der Waals surface area contributed by atoms with Gasteiger partial charge in [0.1, 0.15) is 13.2 Å². The average Bonchev–Trinajstić information content (AvgIpc) is 3.30. The predicted molar refractivity (Wildman–Crippen MR) is 293 cm³/mol. The molecule has 0 saturated carbocycles. The van der Waals surface area contributed by atoms with Crippen LogP contribution < -0.4 is 10.2 Å². The van der Waals surface area contributed by atoms with Gasteiger partial charge in [-0.1, -0.05) is 227 Å². The minimum atomic E-state index is -4.62. The molecule has 0 spiro atoms. The van der Waals surface area contributed by atoms with Crippen LogP contribution in [0.2, 0.25) is 0 Å². The largest absolute Gasteiger partial charge is 0.756 e. The zero-order chi connectivity index (χ0) is 49.9. The smallest absolute Gasteiger partial charge is 0.268 e. The lowest BCUT2D eigenvalue weighted by molar-refractivity contribution is -0.870. The predicted octanol–water partition coefficient (Wildman–Crippen LogP) is 16.2. The molecule has 1 amide bonds. The number of phosphoric acid groups is 1. The number of amides is 1. The molecular formula is C59H107N2O6P. The molecule has 394 valence electrons. The van der Waals surface area contributed by atoms with Crippen LogP contribution in [-0.2, 0) is 18.4 Å². The fraction of sp³-hybridized carbons (Fsp3) is 0.746. The number of hydrogen-bond acceptors (Lipinski definition) is 6. The molecule has 3 atom stereocenters. The summed E-state index contributed by atoms with van der Waals surface area (Å²) >= 11 is 0. The van der Waals surface area contributed by atoms with E-state index in [1.807, 2.05) is 27.2 Å². The van der Waals surface area contributed by atoms with Gasteiger partial charge in [-0.2, -0.15) is 0 Å². The molecule has 0 radical (unpaired) electrons. The van der Waals surface area contributed by atoms with Crippen molar-refractivity contribution in [2.75, 3.05) is 40.9 Å². The van der Waals surface area contributed by atoms with Crippen LogP contribution in [0.15, 0.2) is 85.1 Å². The lowest BCUT2D eigenvalue weighted by Gasteiger charge is -2.29. The van der Waals surface area contributed by atoms with Crippen LogP contribution in [0, 0.1) is 0 Å². The summed E-state index contributed by atoms with van der Waals surface area (Å²) < 4.78 is 23.3. The summed E-state index contributed by atoms with van der Waals surface area (Å²) in [7, 11) is 1.21. The molecule has 0 aromatic carbocycles. The Morgan fingerprint density at radius 2 is 0.912 bits per heavy atom. The second kappa shape index (κ2) is 49.7. The Labute approximate surface area is 420 Å². The minimum Gasteiger partial charge on any atom is -0.756 e. The molecule has 0 aromatic heterocycles. The van der Waals surface area contributed by atoms with E-state index < -0.39 is 26.6 Å². The van der Waals surface area contributed by atoms with Gasteiger partial charge < -0.3 is 28.8 Å². The second-order valence-corrected chi connectivity index (χ2v) is 21.3. The molecule has 8 nitrogen and oxygen atoms in total. The number of nitrogens with one attached hydrogen (secondary N) is 1. The third-order valence-corrected chi connectivity index (χ3v) is 13.0.